The highest BCUT2D eigenvalue weighted by Gasteiger charge is 2.17. The van der Waals surface area contributed by atoms with Gasteiger partial charge in [0.1, 0.15) is 6.61 Å². The molecule has 0 atom stereocenters. The van der Waals surface area contributed by atoms with Crippen molar-refractivity contribution in [2.45, 2.75) is 6.92 Å². The lowest BCUT2D eigenvalue weighted by Gasteiger charge is -2.09. The predicted octanol–water partition coefficient (Wildman–Crippen LogP) is 0.293. The van der Waals surface area contributed by atoms with Gasteiger partial charge in [0.05, 0.1) is 16.9 Å². The summed E-state index contributed by atoms with van der Waals surface area (Å²) in [6, 6.07) is 0. The fourth-order valence-corrected chi connectivity index (χ4v) is 1.42. The minimum absolute atomic E-state index is 0.120. The highest BCUT2D eigenvalue weighted by Crippen LogP contribution is 2.10. The van der Waals surface area contributed by atoms with Gasteiger partial charge in [-0.1, -0.05) is 0 Å². The molecule has 9 heavy (non-hydrogen) atoms. The Kier molecular flexibility index (Phi) is 1.48. The second-order valence-corrected chi connectivity index (χ2v) is 4.20. The van der Waals surface area contributed by atoms with Crippen molar-refractivity contribution in [3.05, 3.63) is 11.2 Å². The van der Waals surface area contributed by atoms with E-state index in [2.05, 4.69) is 0 Å². The van der Waals surface area contributed by atoms with Gasteiger partial charge in [-0.3, -0.25) is 0 Å². The second-order valence-electron chi connectivity index (χ2n) is 1.92. The summed E-state index contributed by atoms with van der Waals surface area (Å²) in [4.78, 5) is 0.328. The van der Waals surface area contributed by atoms with E-state index in [1.165, 1.54) is 13.2 Å². The molecule has 4 heteroatoms. The first-order chi connectivity index (χ1) is 4.13. The summed E-state index contributed by atoms with van der Waals surface area (Å²) in [5.41, 5.74) is 0. The van der Waals surface area contributed by atoms with Gasteiger partial charge in [0.25, 0.3) is 0 Å². The number of allylic oxidation sites excluding steroid dienone is 1. The van der Waals surface area contributed by atoms with Gasteiger partial charge in [0.15, 0.2) is 9.84 Å². The van der Waals surface area contributed by atoms with Gasteiger partial charge in [-0.25, -0.2) is 8.42 Å². The minimum atomic E-state index is -2.93. The third kappa shape index (κ3) is 1.24. The van der Waals surface area contributed by atoms with Crippen LogP contribution in [0, 0.1) is 0 Å². The van der Waals surface area contributed by atoms with Crippen LogP contribution in [-0.4, -0.2) is 20.8 Å². The van der Waals surface area contributed by atoms with Gasteiger partial charge in [-0.2, -0.15) is 0 Å². The van der Waals surface area contributed by atoms with Gasteiger partial charge in [0, 0.05) is 0 Å². The zero-order valence-electron chi connectivity index (χ0n) is 5.12. The van der Waals surface area contributed by atoms with Crippen LogP contribution < -0.4 is 0 Å². The van der Waals surface area contributed by atoms with Crippen LogP contribution in [0.15, 0.2) is 11.2 Å². The fourth-order valence-electron chi connectivity index (χ4n) is 0.568. The van der Waals surface area contributed by atoms with Crippen molar-refractivity contribution in [1.29, 1.82) is 0 Å². The van der Waals surface area contributed by atoms with Crippen LogP contribution in [0.5, 0.6) is 0 Å². The molecule has 0 bridgehead atoms. The SMILES string of the molecule is CC1=COCCS1(=O)=O. The molecule has 1 aliphatic rings. The summed E-state index contributed by atoms with van der Waals surface area (Å²) < 4.78 is 26.4. The van der Waals surface area contributed by atoms with Crippen molar-refractivity contribution in [2.75, 3.05) is 12.4 Å². The Morgan fingerprint density at radius 3 is 2.67 bits per heavy atom. The molecule has 1 heterocycles. The van der Waals surface area contributed by atoms with Crippen LogP contribution in [0.25, 0.3) is 0 Å². The topological polar surface area (TPSA) is 43.4 Å². The molecule has 0 unspecified atom stereocenters. The minimum Gasteiger partial charge on any atom is -0.499 e. The number of rotatable bonds is 0. The lowest BCUT2D eigenvalue weighted by Crippen LogP contribution is -2.16. The molecule has 0 saturated heterocycles. The lowest BCUT2D eigenvalue weighted by molar-refractivity contribution is 0.264. The van der Waals surface area contributed by atoms with Gasteiger partial charge >= 0.3 is 0 Å². The normalized spacial score (nSPS) is 24.3. The molecule has 0 spiro atoms. The van der Waals surface area contributed by atoms with Gasteiger partial charge in [-0.05, 0) is 6.92 Å². The summed E-state index contributed by atoms with van der Waals surface area (Å²) in [5, 5.41) is 0. The number of hydrogen-bond donors (Lipinski definition) is 0. The Balaban J connectivity index is 3.01. The maximum atomic E-state index is 10.8. The molecule has 0 aromatic carbocycles. The average molecular weight is 148 g/mol. The highest BCUT2D eigenvalue weighted by atomic mass is 32.2. The molecule has 1 rings (SSSR count). The quantitative estimate of drug-likeness (QED) is 0.496. The van der Waals surface area contributed by atoms with E-state index < -0.39 is 9.84 Å². The van der Waals surface area contributed by atoms with E-state index in [0.29, 0.717) is 11.5 Å². The maximum absolute atomic E-state index is 10.8. The Labute approximate surface area is 54.2 Å². The molecular formula is C5H8O3S. The largest absolute Gasteiger partial charge is 0.499 e. The molecule has 0 saturated carbocycles. The smallest absolute Gasteiger partial charge is 0.180 e. The zero-order chi connectivity index (χ0) is 6.91. The van der Waals surface area contributed by atoms with E-state index in [1.807, 2.05) is 0 Å². The Hall–Kier alpha value is -0.510. The summed E-state index contributed by atoms with van der Waals surface area (Å²) >= 11 is 0. The molecule has 0 amide bonds. The monoisotopic (exact) mass is 148 g/mol. The summed E-state index contributed by atoms with van der Waals surface area (Å²) in [7, 11) is -2.93. The van der Waals surface area contributed by atoms with E-state index in [9.17, 15) is 8.42 Å². The number of sulfone groups is 1. The fraction of sp³-hybridized carbons (Fsp3) is 0.600. The molecule has 52 valence electrons. The van der Waals surface area contributed by atoms with Crippen molar-refractivity contribution in [3.8, 4) is 0 Å². The third-order valence-electron chi connectivity index (χ3n) is 1.21. The van der Waals surface area contributed by atoms with Gasteiger partial charge in [-0.15, -0.1) is 0 Å². The molecule has 1 aliphatic heterocycles. The molecule has 0 aromatic rings. The first-order valence-electron chi connectivity index (χ1n) is 2.64. The molecule has 3 nitrogen and oxygen atoms in total. The molecular weight excluding hydrogens is 140 g/mol. The predicted molar refractivity (Wildman–Crippen MR) is 33.5 cm³/mol. The van der Waals surface area contributed by atoms with E-state index in [4.69, 9.17) is 4.74 Å². The summed E-state index contributed by atoms with van der Waals surface area (Å²) in [6.07, 6.45) is 1.29. The Morgan fingerprint density at radius 2 is 2.33 bits per heavy atom. The van der Waals surface area contributed by atoms with Crippen LogP contribution in [0.4, 0.5) is 0 Å². The Bertz CT molecular complexity index is 225. The van der Waals surface area contributed by atoms with Crippen molar-refractivity contribution in [3.63, 3.8) is 0 Å². The van der Waals surface area contributed by atoms with Gasteiger partial charge < -0.3 is 4.74 Å². The van der Waals surface area contributed by atoms with E-state index in [0.717, 1.165) is 0 Å². The first-order valence-corrected chi connectivity index (χ1v) is 4.29. The maximum Gasteiger partial charge on any atom is 0.180 e. The molecule has 0 aliphatic carbocycles. The van der Waals surface area contributed by atoms with Crippen molar-refractivity contribution < 1.29 is 13.2 Å². The summed E-state index contributed by atoms with van der Waals surface area (Å²) in [6.45, 7) is 1.83. The van der Waals surface area contributed by atoms with Gasteiger partial charge in [0.2, 0.25) is 0 Å². The van der Waals surface area contributed by atoms with Crippen LogP contribution in [0.1, 0.15) is 6.92 Å². The van der Waals surface area contributed by atoms with Crippen LogP contribution in [0.3, 0.4) is 0 Å². The van der Waals surface area contributed by atoms with Crippen LogP contribution in [-0.2, 0) is 14.6 Å². The molecule has 0 radical (unpaired) electrons. The standard InChI is InChI=1S/C5H8O3S/c1-5-4-8-2-3-9(5,6)7/h4H,2-3H2,1H3. The first kappa shape index (κ1) is 6.61. The zero-order valence-corrected chi connectivity index (χ0v) is 5.94. The van der Waals surface area contributed by atoms with Crippen molar-refractivity contribution in [2.24, 2.45) is 0 Å². The Morgan fingerprint density at radius 1 is 1.67 bits per heavy atom. The van der Waals surface area contributed by atoms with Crippen LogP contribution >= 0.6 is 0 Å². The van der Waals surface area contributed by atoms with Crippen molar-refractivity contribution >= 4 is 9.84 Å². The molecule has 0 aromatic heterocycles. The molecule has 0 fully saturated rings. The van der Waals surface area contributed by atoms with Crippen LogP contribution in [0.2, 0.25) is 0 Å². The van der Waals surface area contributed by atoms with Crippen molar-refractivity contribution in [1.82, 2.24) is 0 Å². The van der Waals surface area contributed by atoms with E-state index >= 15 is 0 Å². The lowest BCUT2D eigenvalue weighted by atomic mass is 10.7. The van der Waals surface area contributed by atoms with E-state index in [1.54, 1.807) is 0 Å². The highest BCUT2D eigenvalue weighted by molar-refractivity contribution is 7.95. The number of ether oxygens (including phenoxy) is 1. The second kappa shape index (κ2) is 2.02. The molecule has 0 N–H and O–H groups in total. The summed E-state index contributed by atoms with van der Waals surface area (Å²) in [5.74, 6) is 0.120. The third-order valence-corrected chi connectivity index (χ3v) is 2.99. The average Bonchev–Trinajstić information content (AvgIpc) is 1.77. The van der Waals surface area contributed by atoms with E-state index in [-0.39, 0.29) is 5.75 Å². The number of hydrogen-bond acceptors (Lipinski definition) is 3.